The van der Waals surface area contributed by atoms with Gasteiger partial charge in [-0.25, -0.2) is 0 Å². The van der Waals surface area contributed by atoms with Crippen LogP contribution in [-0.2, 0) is 0 Å². The molecule has 18 heavy (non-hydrogen) atoms. The maximum absolute atomic E-state index is 5.85. The zero-order chi connectivity index (χ0) is 12.7. The molecule has 0 aliphatic carbocycles. The maximum atomic E-state index is 5.85. The molecule has 2 aromatic carbocycles. The van der Waals surface area contributed by atoms with Crippen molar-refractivity contribution in [3.8, 4) is 5.75 Å². The van der Waals surface area contributed by atoms with Gasteiger partial charge in [-0.3, -0.25) is 0 Å². The summed E-state index contributed by atoms with van der Waals surface area (Å²) in [6.07, 6.45) is 0. The topological polar surface area (TPSA) is 22.4 Å². The van der Waals surface area contributed by atoms with E-state index in [0.29, 0.717) is 5.92 Å². The first-order chi connectivity index (χ1) is 8.72. The molecule has 0 aliphatic rings. The minimum Gasteiger partial charge on any atom is -0.496 e. The van der Waals surface area contributed by atoms with E-state index in [4.69, 9.17) is 9.15 Å². The standard InChI is InChI=1S/C16H16O2/c1-10(2)11-8-9-14-15(16(11)17-3)12-6-4-5-7-13(12)18-14/h4-10H,1-3H3. The fourth-order valence-electron chi connectivity index (χ4n) is 2.48. The Morgan fingerprint density at radius 2 is 1.78 bits per heavy atom. The summed E-state index contributed by atoms with van der Waals surface area (Å²) in [7, 11) is 1.72. The molecule has 0 fully saturated rings. The minimum atomic E-state index is 0.429. The van der Waals surface area contributed by atoms with Gasteiger partial charge in [0, 0.05) is 5.39 Å². The lowest BCUT2D eigenvalue weighted by Crippen LogP contribution is -1.94. The predicted octanol–water partition coefficient (Wildman–Crippen LogP) is 4.72. The van der Waals surface area contributed by atoms with Crippen molar-refractivity contribution in [2.75, 3.05) is 7.11 Å². The number of rotatable bonds is 2. The number of hydrogen-bond donors (Lipinski definition) is 0. The lowest BCUT2D eigenvalue weighted by Gasteiger charge is -2.12. The van der Waals surface area contributed by atoms with Gasteiger partial charge in [-0.15, -0.1) is 0 Å². The molecule has 3 rings (SSSR count). The van der Waals surface area contributed by atoms with Gasteiger partial charge in [0.15, 0.2) is 0 Å². The molecule has 0 saturated carbocycles. The SMILES string of the molecule is COc1c(C(C)C)ccc2oc3ccccc3c12. The second-order valence-corrected chi connectivity index (χ2v) is 4.81. The van der Waals surface area contributed by atoms with Crippen molar-refractivity contribution in [3.63, 3.8) is 0 Å². The average molecular weight is 240 g/mol. The average Bonchev–Trinajstić information content (AvgIpc) is 2.75. The van der Waals surface area contributed by atoms with Gasteiger partial charge < -0.3 is 9.15 Å². The highest BCUT2D eigenvalue weighted by Crippen LogP contribution is 2.39. The van der Waals surface area contributed by atoms with Crippen LogP contribution in [0.1, 0.15) is 25.3 Å². The van der Waals surface area contributed by atoms with Crippen LogP contribution in [0.25, 0.3) is 21.9 Å². The van der Waals surface area contributed by atoms with Crippen LogP contribution in [-0.4, -0.2) is 7.11 Å². The molecule has 2 nitrogen and oxygen atoms in total. The highest BCUT2D eigenvalue weighted by Gasteiger charge is 2.16. The van der Waals surface area contributed by atoms with E-state index in [9.17, 15) is 0 Å². The number of furan rings is 1. The third-order valence-corrected chi connectivity index (χ3v) is 3.35. The number of para-hydroxylation sites is 1. The molecular formula is C16H16O2. The van der Waals surface area contributed by atoms with E-state index >= 15 is 0 Å². The lowest BCUT2D eigenvalue weighted by molar-refractivity contribution is 0.412. The predicted molar refractivity (Wildman–Crippen MR) is 74.4 cm³/mol. The number of ether oxygens (including phenoxy) is 1. The van der Waals surface area contributed by atoms with E-state index in [1.165, 1.54) is 5.56 Å². The van der Waals surface area contributed by atoms with E-state index in [0.717, 1.165) is 27.7 Å². The third-order valence-electron chi connectivity index (χ3n) is 3.35. The molecule has 1 heterocycles. The van der Waals surface area contributed by atoms with E-state index in [2.05, 4.69) is 26.0 Å². The molecular weight excluding hydrogens is 224 g/mol. The molecule has 0 N–H and O–H groups in total. The van der Waals surface area contributed by atoms with Crippen LogP contribution in [0.15, 0.2) is 40.8 Å². The van der Waals surface area contributed by atoms with E-state index in [-0.39, 0.29) is 0 Å². The van der Waals surface area contributed by atoms with Gasteiger partial charge in [-0.05, 0) is 23.6 Å². The molecule has 0 radical (unpaired) electrons. The van der Waals surface area contributed by atoms with Gasteiger partial charge in [0.25, 0.3) is 0 Å². The molecule has 0 aliphatic heterocycles. The summed E-state index contributed by atoms with van der Waals surface area (Å²) in [6, 6.07) is 12.2. The number of benzene rings is 2. The summed E-state index contributed by atoms with van der Waals surface area (Å²) < 4.78 is 11.5. The van der Waals surface area contributed by atoms with E-state index in [1.54, 1.807) is 7.11 Å². The van der Waals surface area contributed by atoms with Gasteiger partial charge in [0.1, 0.15) is 16.9 Å². The second kappa shape index (κ2) is 4.05. The summed E-state index contributed by atoms with van der Waals surface area (Å²) in [4.78, 5) is 0. The lowest BCUT2D eigenvalue weighted by atomic mass is 9.99. The molecule has 0 saturated heterocycles. The summed E-state index contributed by atoms with van der Waals surface area (Å²) in [6.45, 7) is 4.35. The Balaban J connectivity index is 2.48. The zero-order valence-corrected chi connectivity index (χ0v) is 10.9. The smallest absolute Gasteiger partial charge is 0.139 e. The van der Waals surface area contributed by atoms with Crippen LogP contribution >= 0.6 is 0 Å². The Hall–Kier alpha value is -1.96. The number of hydrogen-bond acceptors (Lipinski definition) is 2. The normalized spacial score (nSPS) is 11.6. The Morgan fingerprint density at radius 1 is 1.00 bits per heavy atom. The number of fused-ring (bicyclic) bond motifs is 3. The fraction of sp³-hybridized carbons (Fsp3) is 0.250. The van der Waals surface area contributed by atoms with Crippen molar-refractivity contribution in [2.24, 2.45) is 0 Å². The highest BCUT2D eigenvalue weighted by atomic mass is 16.5. The first-order valence-electron chi connectivity index (χ1n) is 6.20. The molecule has 2 heteroatoms. The quantitative estimate of drug-likeness (QED) is 0.646. The molecule has 1 aromatic heterocycles. The molecule has 0 unspecified atom stereocenters. The van der Waals surface area contributed by atoms with Crippen molar-refractivity contribution < 1.29 is 9.15 Å². The van der Waals surface area contributed by atoms with Gasteiger partial charge in [-0.1, -0.05) is 38.1 Å². The first-order valence-corrected chi connectivity index (χ1v) is 6.20. The van der Waals surface area contributed by atoms with E-state index < -0.39 is 0 Å². The summed E-state index contributed by atoms with van der Waals surface area (Å²) in [5.41, 5.74) is 3.01. The summed E-state index contributed by atoms with van der Waals surface area (Å²) >= 11 is 0. The van der Waals surface area contributed by atoms with Crippen LogP contribution in [0.5, 0.6) is 5.75 Å². The minimum absolute atomic E-state index is 0.429. The first kappa shape index (κ1) is 11.1. The molecule has 0 bridgehead atoms. The molecule has 3 aromatic rings. The van der Waals surface area contributed by atoms with E-state index in [1.807, 2.05) is 24.3 Å². The third kappa shape index (κ3) is 1.49. The van der Waals surface area contributed by atoms with Gasteiger partial charge in [-0.2, -0.15) is 0 Å². The molecule has 0 amide bonds. The Kier molecular flexibility index (Phi) is 2.51. The Morgan fingerprint density at radius 3 is 2.50 bits per heavy atom. The summed E-state index contributed by atoms with van der Waals surface area (Å²) in [5, 5.41) is 2.20. The van der Waals surface area contributed by atoms with Gasteiger partial charge in [0.2, 0.25) is 0 Å². The molecule has 0 spiro atoms. The van der Waals surface area contributed by atoms with Crippen LogP contribution in [0, 0.1) is 0 Å². The molecule has 92 valence electrons. The zero-order valence-electron chi connectivity index (χ0n) is 10.9. The van der Waals surface area contributed by atoms with Crippen LogP contribution in [0.2, 0.25) is 0 Å². The second-order valence-electron chi connectivity index (χ2n) is 4.81. The maximum Gasteiger partial charge on any atom is 0.139 e. The van der Waals surface area contributed by atoms with Gasteiger partial charge in [0.05, 0.1) is 12.5 Å². The van der Waals surface area contributed by atoms with Crippen LogP contribution < -0.4 is 4.74 Å². The fourth-order valence-corrected chi connectivity index (χ4v) is 2.48. The number of methoxy groups -OCH3 is 1. The van der Waals surface area contributed by atoms with Crippen molar-refractivity contribution in [2.45, 2.75) is 19.8 Å². The monoisotopic (exact) mass is 240 g/mol. The van der Waals surface area contributed by atoms with Crippen molar-refractivity contribution >= 4 is 21.9 Å². The van der Waals surface area contributed by atoms with Crippen molar-refractivity contribution in [1.82, 2.24) is 0 Å². The highest BCUT2D eigenvalue weighted by molar-refractivity contribution is 6.08. The Labute approximate surface area is 106 Å². The van der Waals surface area contributed by atoms with Crippen molar-refractivity contribution in [3.05, 3.63) is 42.0 Å². The van der Waals surface area contributed by atoms with Crippen LogP contribution in [0.4, 0.5) is 0 Å². The Bertz CT molecular complexity index is 708. The van der Waals surface area contributed by atoms with Crippen LogP contribution in [0.3, 0.4) is 0 Å². The molecule has 0 atom stereocenters. The summed E-state index contributed by atoms with van der Waals surface area (Å²) in [5.74, 6) is 1.37. The largest absolute Gasteiger partial charge is 0.496 e. The van der Waals surface area contributed by atoms with Gasteiger partial charge >= 0.3 is 0 Å². The van der Waals surface area contributed by atoms with Crippen molar-refractivity contribution in [1.29, 1.82) is 0 Å².